The Bertz CT molecular complexity index is 3250. The monoisotopic (exact) mass is 749 g/mol. The summed E-state index contributed by atoms with van der Waals surface area (Å²) in [5, 5.41) is 10.2. The van der Waals surface area contributed by atoms with E-state index in [4.69, 9.17) is 0 Å². The van der Waals surface area contributed by atoms with Gasteiger partial charge in [-0.05, 0) is 112 Å². The van der Waals surface area contributed by atoms with E-state index >= 15 is 0 Å². The van der Waals surface area contributed by atoms with E-state index in [-0.39, 0.29) is 0 Å². The second kappa shape index (κ2) is 14.6. The number of hydrogen-bond donors (Lipinski definition) is 0. The van der Waals surface area contributed by atoms with Crippen molar-refractivity contribution < 1.29 is 0 Å². The van der Waals surface area contributed by atoms with Gasteiger partial charge in [0.05, 0.1) is 5.69 Å². The molecule has 0 N–H and O–H groups in total. The van der Waals surface area contributed by atoms with Crippen molar-refractivity contribution in [2.75, 3.05) is 4.90 Å². The summed E-state index contributed by atoms with van der Waals surface area (Å²) in [4.78, 5) is 2.41. The predicted octanol–water partition coefficient (Wildman–Crippen LogP) is 16.4. The Morgan fingerprint density at radius 3 is 1.32 bits per heavy atom. The number of nitrogens with zero attached hydrogens (tertiary/aromatic N) is 1. The van der Waals surface area contributed by atoms with E-state index in [9.17, 15) is 0 Å². The highest BCUT2D eigenvalue weighted by Crippen LogP contribution is 2.45. The van der Waals surface area contributed by atoms with Crippen LogP contribution in [0.4, 0.5) is 17.1 Å². The molecule has 0 aliphatic carbocycles. The summed E-state index contributed by atoms with van der Waals surface area (Å²) in [5.74, 6) is 0. The summed E-state index contributed by atoms with van der Waals surface area (Å²) in [5.41, 5.74) is 13.0. The predicted molar refractivity (Wildman–Crippen MR) is 253 cm³/mol. The van der Waals surface area contributed by atoms with Crippen LogP contribution in [0.2, 0.25) is 0 Å². The molecule has 0 bridgehead atoms. The lowest BCUT2D eigenvalue weighted by atomic mass is 9.89. The molecule has 0 unspecified atom stereocenters. The minimum Gasteiger partial charge on any atom is -0.310 e. The quantitative estimate of drug-likeness (QED) is 0.147. The molecule has 11 aromatic carbocycles. The van der Waals surface area contributed by atoms with Gasteiger partial charge in [-0.3, -0.25) is 0 Å². The van der Waals surface area contributed by atoms with Crippen LogP contribution in [0.5, 0.6) is 0 Å². The van der Waals surface area contributed by atoms with Crippen LogP contribution < -0.4 is 4.90 Å². The summed E-state index contributed by atoms with van der Waals surface area (Å²) in [7, 11) is 0. The number of rotatable bonds is 7. The summed E-state index contributed by atoms with van der Waals surface area (Å²) >= 11 is 0. The van der Waals surface area contributed by atoms with Crippen molar-refractivity contribution in [1.82, 2.24) is 0 Å². The van der Waals surface area contributed by atoms with E-state index in [0.717, 1.165) is 17.1 Å². The first-order chi connectivity index (χ1) is 29.3. The maximum absolute atomic E-state index is 2.41. The zero-order valence-corrected chi connectivity index (χ0v) is 32.5. The summed E-state index contributed by atoms with van der Waals surface area (Å²) in [6.45, 7) is 0. The molecule has 0 atom stereocenters. The Morgan fingerprint density at radius 2 is 0.678 bits per heavy atom. The highest BCUT2D eigenvalue weighted by molar-refractivity contribution is 6.28. The summed E-state index contributed by atoms with van der Waals surface area (Å²) in [6, 6.07) is 86.1. The molecule has 0 fully saturated rings. The SMILES string of the molecule is c1ccc(-c2ccccc2N(c2ccc(-c3c(-c4ccccc4)ccc4ccccc34)cc2)c2ccc(-c3cccc4c5ccccc5c5ccccc5c34)cc2)cc1. The van der Waals surface area contributed by atoms with E-state index in [1.807, 2.05) is 0 Å². The molecule has 0 aliphatic heterocycles. The molecule has 0 radical (unpaired) electrons. The normalized spacial score (nSPS) is 11.4. The molecular weight excluding hydrogens is 711 g/mol. The van der Waals surface area contributed by atoms with Gasteiger partial charge in [0.1, 0.15) is 0 Å². The van der Waals surface area contributed by atoms with Crippen LogP contribution >= 0.6 is 0 Å². The van der Waals surface area contributed by atoms with Gasteiger partial charge in [-0.25, -0.2) is 0 Å². The highest BCUT2D eigenvalue weighted by Gasteiger charge is 2.20. The molecule has 0 heterocycles. The minimum atomic E-state index is 1.09. The maximum Gasteiger partial charge on any atom is 0.0540 e. The molecule has 0 saturated heterocycles. The fourth-order valence-corrected chi connectivity index (χ4v) is 9.16. The van der Waals surface area contributed by atoms with E-state index < -0.39 is 0 Å². The van der Waals surface area contributed by atoms with E-state index in [1.165, 1.54) is 87.6 Å². The average Bonchev–Trinajstić information content (AvgIpc) is 3.32. The first-order valence-corrected chi connectivity index (χ1v) is 20.3. The van der Waals surface area contributed by atoms with Gasteiger partial charge >= 0.3 is 0 Å². The van der Waals surface area contributed by atoms with Crippen molar-refractivity contribution in [3.63, 3.8) is 0 Å². The van der Waals surface area contributed by atoms with Crippen LogP contribution in [0.15, 0.2) is 237 Å². The fourth-order valence-electron chi connectivity index (χ4n) is 9.16. The lowest BCUT2D eigenvalue weighted by molar-refractivity contribution is 1.28. The van der Waals surface area contributed by atoms with Crippen LogP contribution in [0.25, 0.3) is 87.6 Å². The third kappa shape index (κ3) is 6.04. The largest absolute Gasteiger partial charge is 0.310 e. The first kappa shape index (κ1) is 34.5. The molecule has 0 spiro atoms. The third-order valence-electron chi connectivity index (χ3n) is 11.9. The minimum absolute atomic E-state index is 1.09. The standard InChI is InChI=1S/C58H39N/c1-3-16-40(17-4-1)47-21-13-14-29-56(47)59(46-37-32-44(33-38-46)57-48-22-8-7-20-42(48)34-39-50(57)41-18-5-2-6-19-41)45-35-30-43(31-36-45)49-27-15-28-55-53-24-10-9-23-51(53)52-25-11-12-26-54(52)58(49)55/h1-39H. The van der Waals surface area contributed by atoms with Crippen molar-refractivity contribution >= 4 is 60.2 Å². The molecule has 0 amide bonds. The molecule has 276 valence electrons. The van der Waals surface area contributed by atoms with Gasteiger partial charge in [0.25, 0.3) is 0 Å². The van der Waals surface area contributed by atoms with Crippen LogP contribution in [-0.2, 0) is 0 Å². The Hall–Kier alpha value is -7.74. The third-order valence-corrected chi connectivity index (χ3v) is 11.9. The van der Waals surface area contributed by atoms with Crippen molar-refractivity contribution in [1.29, 1.82) is 0 Å². The average molecular weight is 750 g/mol. The molecule has 0 saturated carbocycles. The van der Waals surface area contributed by atoms with E-state index in [0.29, 0.717) is 0 Å². The molecule has 1 heteroatoms. The molecule has 0 aliphatic rings. The number of para-hydroxylation sites is 1. The highest BCUT2D eigenvalue weighted by atomic mass is 15.1. The van der Waals surface area contributed by atoms with Crippen LogP contribution in [0.1, 0.15) is 0 Å². The zero-order chi connectivity index (χ0) is 39.1. The van der Waals surface area contributed by atoms with Crippen LogP contribution in [0, 0.1) is 0 Å². The fraction of sp³-hybridized carbons (Fsp3) is 0. The van der Waals surface area contributed by atoms with Crippen molar-refractivity contribution in [2.45, 2.75) is 0 Å². The van der Waals surface area contributed by atoms with Gasteiger partial charge in [-0.15, -0.1) is 0 Å². The molecule has 11 rings (SSSR count). The molecular formula is C58H39N. The number of benzene rings is 11. The summed E-state index contributed by atoms with van der Waals surface area (Å²) in [6.07, 6.45) is 0. The van der Waals surface area contributed by atoms with Gasteiger partial charge in [0.2, 0.25) is 0 Å². The molecule has 11 aromatic rings. The smallest absolute Gasteiger partial charge is 0.0540 e. The van der Waals surface area contributed by atoms with Gasteiger partial charge < -0.3 is 4.90 Å². The number of hydrogen-bond acceptors (Lipinski definition) is 1. The first-order valence-electron chi connectivity index (χ1n) is 20.3. The maximum atomic E-state index is 2.41. The van der Waals surface area contributed by atoms with Crippen molar-refractivity contribution in [2.24, 2.45) is 0 Å². The van der Waals surface area contributed by atoms with Crippen LogP contribution in [-0.4, -0.2) is 0 Å². The Balaban J connectivity index is 1.07. The van der Waals surface area contributed by atoms with Gasteiger partial charge in [0, 0.05) is 16.9 Å². The Labute approximate surface area is 344 Å². The lowest BCUT2D eigenvalue weighted by Gasteiger charge is -2.28. The van der Waals surface area contributed by atoms with E-state index in [2.05, 4.69) is 241 Å². The topological polar surface area (TPSA) is 3.24 Å². The van der Waals surface area contributed by atoms with E-state index in [1.54, 1.807) is 0 Å². The van der Waals surface area contributed by atoms with Gasteiger partial charge in [0.15, 0.2) is 0 Å². The zero-order valence-electron chi connectivity index (χ0n) is 32.5. The van der Waals surface area contributed by atoms with Gasteiger partial charge in [-0.1, -0.05) is 206 Å². The second-order valence-electron chi connectivity index (χ2n) is 15.2. The summed E-state index contributed by atoms with van der Waals surface area (Å²) < 4.78 is 0. The Kier molecular flexibility index (Phi) is 8.56. The lowest BCUT2D eigenvalue weighted by Crippen LogP contribution is -2.11. The number of fused-ring (bicyclic) bond motifs is 7. The van der Waals surface area contributed by atoms with Crippen LogP contribution in [0.3, 0.4) is 0 Å². The Morgan fingerprint density at radius 1 is 0.237 bits per heavy atom. The molecule has 1 nitrogen and oxygen atoms in total. The molecule has 59 heavy (non-hydrogen) atoms. The second-order valence-corrected chi connectivity index (χ2v) is 15.2. The number of anilines is 3. The van der Waals surface area contributed by atoms with Gasteiger partial charge in [-0.2, -0.15) is 0 Å². The molecule has 0 aromatic heterocycles. The van der Waals surface area contributed by atoms with Crippen molar-refractivity contribution in [3.8, 4) is 44.5 Å². The van der Waals surface area contributed by atoms with Crippen molar-refractivity contribution in [3.05, 3.63) is 237 Å².